The van der Waals surface area contributed by atoms with Crippen LogP contribution in [-0.2, 0) is 0 Å². The standard InChI is InChI=1S/C11H10N2O/c12-11(14)9-3-4-10-7-13-5-1-2-8(10)6-9/h1-7,13H,(H2,12,14). The lowest BCUT2D eigenvalue weighted by atomic mass is 10.1. The summed E-state index contributed by atoms with van der Waals surface area (Å²) in [6.07, 6.45) is 7.51. The summed E-state index contributed by atoms with van der Waals surface area (Å²) in [6.45, 7) is 0. The van der Waals surface area contributed by atoms with Crippen molar-refractivity contribution in [1.82, 2.24) is 5.32 Å². The first kappa shape index (κ1) is 8.56. The van der Waals surface area contributed by atoms with E-state index >= 15 is 0 Å². The molecule has 0 fully saturated rings. The molecule has 0 saturated carbocycles. The lowest BCUT2D eigenvalue weighted by Crippen LogP contribution is -2.27. The Labute approximate surface area is 81.2 Å². The number of allylic oxidation sites excluding steroid dienone is 1. The van der Waals surface area contributed by atoms with Gasteiger partial charge in [0.1, 0.15) is 0 Å². The summed E-state index contributed by atoms with van der Waals surface area (Å²) in [4.78, 5) is 10.9. The minimum absolute atomic E-state index is 0.401. The first-order chi connectivity index (χ1) is 6.77. The second kappa shape index (κ2) is 3.38. The van der Waals surface area contributed by atoms with Gasteiger partial charge in [-0.1, -0.05) is 12.1 Å². The highest BCUT2D eigenvalue weighted by atomic mass is 16.1. The zero-order valence-electron chi connectivity index (χ0n) is 7.53. The highest BCUT2D eigenvalue weighted by Gasteiger charge is 1.98. The van der Waals surface area contributed by atoms with Crippen molar-refractivity contribution in [2.45, 2.75) is 0 Å². The second-order valence-corrected chi connectivity index (χ2v) is 3.04. The van der Waals surface area contributed by atoms with Crippen LogP contribution in [0.3, 0.4) is 0 Å². The fourth-order valence-corrected chi connectivity index (χ4v) is 1.35. The monoisotopic (exact) mass is 186 g/mol. The predicted molar refractivity (Wildman–Crippen MR) is 55.4 cm³/mol. The van der Waals surface area contributed by atoms with Crippen LogP contribution in [0, 0.1) is 0 Å². The molecule has 3 nitrogen and oxygen atoms in total. The normalized spacial score (nSPS) is 12.9. The van der Waals surface area contributed by atoms with Crippen LogP contribution in [0.5, 0.6) is 0 Å². The summed E-state index contributed by atoms with van der Waals surface area (Å²) in [5.41, 5.74) is 5.72. The van der Waals surface area contributed by atoms with E-state index in [0.29, 0.717) is 5.56 Å². The van der Waals surface area contributed by atoms with Crippen LogP contribution in [0.4, 0.5) is 0 Å². The molecular formula is C11H10N2O. The average molecular weight is 186 g/mol. The van der Waals surface area contributed by atoms with E-state index in [4.69, 9.17) is 5.73 Å². The van der Waals surface area contributed by atoms with E-state index in [1.54, 1.807) is 12.1 Å². The van der Waals surface area contributed by atoms with Gasteiger partial charge >= 0.3 is 0 Å². The van der Waals surface area contributed by atoms with E-state index in [0.717, 1.165) is 10.4 Å². The Morgan fingerprint density at radius 1 is 1.29 bits per heavy atom. The van der Waals surface area contributed by atoms with Gasteiger partial charge in [-0.05, 0) is 28.6 Å². The first-order valence-electron chi connectivity index (χ1n) is 4.30. The molecule has 3 N–H and O–H groups in total. The van der Waals surface area contributed by atoms with Crippen molar-refractivity contribution >= 4 is 18.2 Å². The molecule has 1 aromatic carbocycles. The number of primary amides is 1. The molecule has 70 valence electrons. The van der Waals surface area contributed by atoms with Gasteiger partial charge in [0.2, 0.25) is 5.91 Å². The summed E-state index contributed by atoms with van der Waals surface area (Å²) in [5, 5.41) is 5.03. The largest absolute Gasteiger partial charge is 0.367 e. The van der Waals surface area contributed by atoms with Crippen molar-refractivity contribution in [1.29, 1.82) is 0 Å². The van der Waals surface area contributed by atoms with Crippen molar-refractivity contribution in [3.8, 4) is 0 Å². The average Bonchev–Trinajstić information content (AvgIpc) is 2.41. The Hall–Kier alpha value is -2.03. The number of fused-ring (bicyclic) bond motifs is 1. The number of carbonyl (C=O) groups excluding carboxylic acids is 1. The Kier molecular flexibility index (Phi) is 2.07. The fourth-order valence-electron chi connectivity index (χ4n) is 1.35. The van der Waals surface area contributed by atoms with E-state index in [1.165, 1.54) is 0 Å². The Balaban J connectivity index is 2.69. The van der Waals surface area contributed by atoms with E-state index in [-0.39, 0.29) is 0 Å². The molecule has 0 atom stereocenters. The summed E-state index contributed by atoms with van der Waals surface area (Å²) in [5.74, 6) is -0.401. The van der Waals surface area contributed by atoms with E-state index in [9.17, 15) is 4.79 Å². The Morgan fingerprint density at radius 2 is 2.14 bits per heavy atom. The van der Waals surface area contributed by atoms with E-state index < -0.39 is 5.91 Å². The minimum atomic E-state index is -0.401. The van der Waals surface area contributed by atoms with Crippen LogP contribution in [0.25, 0.3) is 12.3 Å². The van der Waals surface area contributed by atoms with Gasteiger partial charge in [0.15, 0.2) is 0 Å². The van der Waals surface area contributed by atoms with Gasteiger partial charge in [0.25, 0.3) is 0 Å². The zero-order chi connectivity index (χ0) is 9.97. The smallest absolute Gasteiger partial charge is 0.248 e. The third kappa shape index (κ3) is 1.52. The minimum Gasteiger partial charge on any atom is -0.367 e. The molecule has 1 heterocycles. The number of amides is 1. The number of nitrogens with two attached hydrogens (primary N) is 1. The summed E-state index contributed by atoms with van der Waals surface area (Å²) in [7, 11) is 0. The molecule has 1 amide bonds. The lowest BCUT2D eigenvalue weighted by molar-refractivity contribution is 0.1000. The van der Waals surface area contributed by atoms with Crippen molar-refractivity contribution in [3.05, 3.63) is 46.5 Å². The number of carbonyl (C=O) groups is 1. The highest BCUT2D eigenvalue weighted by Crippen LogP contribution is 1.90. The van der Waals surface area contributed by atoms with Crippen LogP contribution >= 0.6 is 0 Å². The third-order valence-electron chi connectivity index (χ3n) is 2.08. The molecule has 0 unspecified atom stereocenters. The number of hydrogen-bond donors (Lipinski definition) is 2. The topological polar surface area (TPSA) is 55.1 Å². The zero-order valence-corrected chi connectivity index (χ0v) is 7.53. The molecule has 0 aliphatic carbocycles. The van der Waals surface area contributed by atoms with Gasteiger partial charge in [-0.3, -0.25) is 4.79 Å². The van der Waals surface area contributed by atoms with Gasteiger partial charge in [0, 0.05) is 18.0 Å². The van der Waals surface area contributed by atoms with E-state index in [1.807, 2.05) is 30.6 Å². The molecule has 0 radical (unpaired) electrons. The Morgan fingerprint density at radius 3 is 2.93 bits per heavy atom. The van der Waals surface area contributed by atoms with Crippen molar-refractivity contribution in [2.24, 2.45) is 5.73 Å². The van der Waals surface area contributed by atoms with Crippen molar-refractivity contribution in [2.75, 3.05) is 0 Å². The summed E-state index contributed by atoms with van der Waals surface area (Å²) < 4.78 is 0. The summed E-state index contributed by atoms with van der Waals surface area (Å²) >= 11 is 0. The van der Waals surface area contributed by atoms with Crippen LogP contribution in [0.15, 0.2) is 30.5 Å². The quantitative estimate of drug-likeness (QED) is 0.616. The molecular weight excluding hydrogens is 176 g/mol. The van der Waals surface area contributed by atoms with Gasteiger partial charge in [-0.25, -0.2) is 0 Å². The summed E-state index contributed by atoms with van der Waals surface area (Å²) in [6, 6.07) is 5.37. The SMILES string of the molecule is NC(=O)c1ccc2c(c1)=CC=CNC=2. The van der Waals surface area contributed by atoms with Crippen LogP contribution in [-0.4, -0.2) is 5.91 Å². The van der Waals surface area contributed by atoms with Crippen molar-refractivity contribution < 1.29 is 4.79 Å². The number of nitrogens with one attached hydrogen (secondary N) is 1. The van der Waals surface area contributed by atoms with Crippen LogP contribution in [0.1, 0.15) is 10.4 Å². The molecule has 1 aliphatic heterocycles. The number of benzene rings is 1. The van der Waals surface area contributed by atoms with Gasteiger partial charge in [-0.2, -0.15) is 0 Å². The molecule has 1 aliphatic rings. The highest BCUT2D eigenvalue weighted by molar-refractivity contribution is 5.92. The second-order valence-electron chi connectivity index (χ2n) is 3.04. The Bertz CT molecular complexity index is 515. The van der Waals surface area contributed by atoms with Crippen LogP contribution in [0.2, 0.25) is 0 Å². The maximum atomic E-state index is 10.9. The molecule has 14 heavy (non-hydrogen) atoms. The van der Waals surface area contributed by atoms with Gasteiger partial charge < -0.3 is 11.1 Å². The predicted octanol–water partition coefficient (Wildman–Crippen LogP) is -0.579. The molecule has 0 aromatic heterocycles. The fraction of sp³-hybridized carbons (Fsp3) is 0. The maximum absolute atomic E-state index is 10.9. The van der Waals surface area contributed by atoms with E-state index in [2.05, 4.69) is 5.32 Å². The molecule has 0 bridgehead atoms. The molecule has 1 aromatic rings. The third-order valence-corrected chi connectivity index (χ3v) is 2.08. The first-order valence-corrected chi connectivity index (χ1v) is 4.30. The molecule has 0 spiro atoms. The molecule has 0 saturated heterocycles. The molecule has 2 rings (SSSR count). The number of rotatable bonds is 1. The van der Waals surface area contributed by atoms with Gasteiger partial charge in [0.05, 0.1) is 0 Å². The lowest BCUT2D eigenvalue weighted by Gasteiger charge is -1.95. The maximum Gasteiger partial charge on any atom is 0.248 e. The van der Waals surface area contributed by atoms with Crippen LogP contribution < -0.4 is 21.5 Å². The van der Waals surface area contributed by atoms with Gasteiger partial charge in [-0.15, -0.1) is 0 Å². The number of hydrogen-bond acceptors (Lipinski definition) is 2. The van der Waals surface area contributed by atoms with Crippen molar-refractivity contribution in [3.63, 3.8) is 0 Å². The molecule has 3 heteroatoms.